The summed E-state index contributed by atoms with van der Waals surface area (Å²) in [6.07, 6.45) is 3.19. The summed E-state index contributed by atoms with van der Waals surface area (Å²) >= 11 is 0. The second kappa shape index (κ2) is 5.64. The third-order valence-corrected chi connectivity index (χ3v) is 3.43. The van der Waals surface area contributed by atoms with Crippen LogP contribution in [-0.4, -0.2) is 10.5 Å². The van der Waals surface area contributed by atoms with Gasteiger partial charge in [0.1, 0.15) is 12.0 Å². The van der Waals surface area contributed by atoms with E-state index in [1.807, 2.05) is 0 Å². The van der Waals surface area contributed by atoms with Crippen LogP contribution >= 0.6 is 0 Å². The van der Waals surface area contributed by atoms with Gasteiger partial charge >= 0.3 is 0 Å². The second-order valence-electron chi connectivity index (χ2n) is 7.61. The summed E-state index contributed by atoms with van der Waals surface area (Å²) in [7, 11) is 0. The Hall–Kier alpha value is -1.61. The average molecular weight is 286 g/mol. The third-order valence-electron chi connectivity index (χ3n) is 3.43. The van der Waals surface area contributed by atoms with Crippen LogP contribution in [0.25, 0.3) is 0 Å². The maximum atomic E-state index is 5.16. The summed E-state index contributed by atoms with van der Waals surface area (Å²) in [5.74, 6) is 0. The summed E-state index contributed by atoms with van der Waals surface area (Å²) in [4.78, 5) is 4.32. The van der Waals surface area contributed by atoms with E-state index in [-0.39, 0.29) is 17.0 Å². The molecule has 3 nitrogen and oxygen atoms in total. The molecule has 1 heterocycles. The Kier molecular flexibility index (Phi) is 4.24. The standard InChI is InChI=1S/C18H26N2O/c1-17(2,3)14-9-7-13(8-10-14)16(20-18(4,5)6)15-11-21-12-19-15/h7-12,16,20H,1-6H3. The molecular weight excluding hydrogens is 260 g/mol. The van der Waals surface area contributed by atoms with Gasteiger partial charge in [-0.15, -0.1) is 0 Å². The number of aromatic nitrogens is 1. The SMILES string of the molecule is CC(C)(C)NC(c1ccc(C(C)(C)C)cc1)c1cocn1. The normalized spacial score (nSPS) is 14.2. The molecule has 1 aromatic heterocycles. The fourth-order valence-electron chi connectivity index (χ4n) is 2.30. The van der Waals surface area contributed by atoms with Crippen LogP contribution in [0.2, 0.25) is 0 Å². The molecule has 0 bridgehead atoms. The van der Waals surface area contributed by atoms with Crippen molar-refractivity contribution in [3.63, 3.8) is 0 Å². The molecule has 0 amide bonds. The molecule has 0 aliphatic carbocycles. The van der Waals surface area contributed by atoms with Gasteiger partial charge < -0.3 is 9.73 Å². The van der Waals surface area contributed by atoms with Crippen molar-refractivity contribution < 1.29 is 4.42 Å². The lowest BCUT2D eigenvalue weighted by Gasteiger charge is -2.28. The number of benzene rings is 1. The van der Waals surface area contributed by atoms with Crippen LogP contribution < -0.4 is 5.32 Å². The van der Waals surface area contributed by atoms with Crippen LogP contribution in [0.4, 0.5) is 0 Å². The lowest BCUT2D eigenvalue weighted by atomic mass is 9.86. The van der Waals surface area contributed by atoms with Crippen LogP contribution in [0.15, 0.2) is 41.3 Å². The van der Waals surface area contributed by atoms with Gasteiger partial charge in [0.2, 0.25) is 0 Å². The van der Waals surface area contributed by atoms with E-state index >= 15 is 0 Å². The topological polar surface area (TPSA) is 38.1 Å². The first-order chi connectivity index (χ1) is 9.67. The monoisotopic (exact) mass is 286 g/mol. The van der Waals surface area contributed by atoms with Crippen LogP contribution in [0.5, 0.6) is 0 Å². The molecule has 1 unspecified atom stereocenters. The minimum absolute atomic E-state index is 0.00762. The summed E-state index contributed by atoms with van der Waals surface area (Å²) in [6.45, 7) is 13.1. The molecule has 3 heteroatoms. The molecule has 1 N–H and O–H groups in total. The Morgan fingerprint density at radius 1 is 1.00 bits per heavy atom. The van der Waals surface area contributed by atoms with Crippen LogP contribution in [0.3, 0.4) is 0 Å². The Labute approximate surface area is 127 Å². The number of hydrogen-bond acceptors (Lipinski definition) is 3. The molecule has 2 aromatic rings. The molecule has 0 aliphatic rings. The first kappa shape index (κ1) is 15.8. The lowest BCUT2D eigenvalue weighted by Crippen LogP contribution is -2.39. The molecule has 0 radical (unpaired) electrons. The summed E-state index contributed by atoms with van der Waals surface area (Å²) in [5, 5.41) is 3.61. The highest BCUT2D eigenvalue weighted by atomic mass is 16.3. The molecule has 114 valence electrons. The molecule has 1 aromatic carbocycles. The highest BCUT2D eigenvalue weighted by molar-refractivity contribution is 5.32. The molecule has 1 atom stereocenters. The number of nitrogens with one attached hydrogen (secondary N) is 1. The Morgan fingerprint density at radius 2 is 1.62 bits per heavy atom. The van der Waals surface area contributed by atoms with Crippen molar-refractivity contribution in [2.24, 2.45) is 0 Å². The summed E-state index contributed by atoms with van der Waals surface area (Å²) in [5.41, 5.74) is 3.60. The lowest BCUT2D eigenvalue weighted by molar-refractivity contribution is 0.386. The zero-order chi connectivity index (χ0) is 15.7. The van der Waals surface area contributed by atoms with Crippen LogP contribution in [-0.2, 0) is 5.41 Å². The van der Waals surface area contributed by atoms with Crippen molar-refractivity contribution in [1.82, 2.24) is 10.3 Å². The van der Waals surface area contributed by atoms with E-state index in [0.29, 0.717) is 0 Å². The van der Waals surface area contributed by atoms with E-state index in [2.05, 4.69) is 76.1 Å². The maximum Gasteiger partial charge on any atom is 0.180 e. The number of rotatable bonds is 3. The van der Waals surface area contributed by atoms with Gasteiger partial charge in [-0.3, -0.25) is 0 Å². The van der Waals surface area contributed by atoms with Gasteiger partial charge in [-0.1, -0.05) is 45.0 Å². The van der Waals surface area contributed by atoms with Crippen molar-refractivity contribution in [1.29, 1.82) is 0 Å². The van der Waals surface area contributed by atoms with Gasteiger partial charge in [0.05, 0.1) is 6.04 Å². The number of oxazole rings is 1. The minimum atomic E-state index is -0.00762. The van der Waals surface area contributed by atoms with Crippen LogP contribution in [0.1, 0.15) is 64.4 Å². The Balaban J connectivity index is 2.33. The quantitative estimate of drug-likeness (QED) is 0.906. The largest absolute Gasteiger partial charge is 0.451 e. The average Bonchev–Trinajstić information content (AvgIpc) is 2.88. The Bertz CT molecular complexity index is 557. The van der Waals surface area contributed by atoms with Gasteiger partial charge in [-0.05, 0) is 37.3 Å². The van der Waals surface area contributed by atoms with Gasteiger partial charge in [0, 0.05) is 5.54 Å². The fraction of sp³-hybridized carbons (Fsp3) is 0.500. The van der Waals surface area contributed by atoms with Gasteiger partial charge in [0.25, 0.3) is 0 Å². The number of hydrogen-bond donors (Lipinski definition) is 1. The fourth-order valence-corrected chi connectivity index (χ4v) is 2.30. The van der Waals surface area contributed by atoms with Gasteiger partial charge in [-0.25, -0.2) is 4.98 Å². The first-order valence-corrected chi connectivity index (χ1v) is 7.43. The second-order valence-corrected chi connectivity index (χ2v) is 7.61. The summed E-state index contributed by atoms with van der Waals surface area (Å²) < 4.78 is 5.16. The molecule has 2 rings (SSSR count). The van der Waals surface area contributed by atoms with Gasteiger partial charge in [0.15, 0.2) is 6.39 Å². The third kappa shape index (κ3) is 4.18. The molecule has 0 fully saturated rings. The molecular formula is C18H26N2O. The highest BCUT2D eigenvalue weighted by Crippen LogP contribution is 2.27. The predicted molar refractivity (Wildman–Crippen MR) is 86.4 cm³/mol. The molecule has 0 saturated heterocycles. The van der Waals surface area contributed by atoms with Gasteiger partial charge in [-0.2, -0.15) is 0 Å². The maximum absolute atomic E-state index is 5.16. The molecule has 0 spiro atoms. The molecule has 0 aliphatic heterocycles. The first-order valence-electron chi connectivity index (χ1n) is 7.43. The van der Waals surface area contributed by atoms with E-state index in [1.54, 1.807) is 6.26 Å². The van der Waals surface area contributed by atoms with Crippen molar-refractivity contribution in [3.8, 4) is 0 Å². The highest BCUT2D eigenvalue weighted by Gasteiger charge is 2.23. The zero-order valence-electron chi connectivity index (χ0n) is 13.9. The Morgan fingerprint density at radius 3 is 2.05 bits per heavy atom. The smallest absolute Gasteiger partial charge is 0.180 e. The van der Waals surface area contributed by atoms with Crippen molar-refractivity contribution in [2.75, 3.05) is 0 Å². The van der Waals surface area contributed by atoms with E-state index < -0.39 is 0 Å². The van der Waals surface area contributed by atoms with Crippen molar-refractivity contribution >= 4 is 0 Å². The van der Waals surface area contributed by atoms with E-state index in [0.717, 1.165) is 5.69 Å². The van der Waals surface area contributed by atoms with E-state index in [1.165, 1.54) is 17.5 Å². The van der Waals surface area contributed by atoms with Crippen molar-refractivity contribution in [3.05, 3.63) is 53.7 Å². The van der Waals surface area contributed by atoms with E-state index in [4.69, 9.17) is 4.42 Å². The summed E-state index contributed by atoms with van der Waals surface area (Å²) in [6, 6.07) is 8.80. The number of nitrogens with zero attached hydrogens (tertiary/aromatic N) is 1. The molecule has 21 heavy (non-hydrogen) atoms. The minimum Gasteiger partial charge on any atom is -0.451 e. The zero-order valence-corrected chi connectivity index (χ0v) is 13.9. The van der Waals surface area contributed by atoms with E-state index in [9.17, 15) is 0 Å². The predicted octanol–water partition coefficient (Wildman–Crippen LogP) is 4.45. The van der Waals surface area contributed by atoms with Crippen LogP contribution in [0, 0.1) is 0 Å². The van der Waals surface area contributed by atoms with Crippen molar-refractivity contribution in [2.45, 2.75) is 58.5 Å². The molecule has 0 saturated carbocycles.